The maximum atomic E-state index is 11.7. The summed E-state index contributed by atoms with van der Waals surface area (Å²) in [5, 5.41) is 21.8. The van der Waals surface area contributed by atoms with Crippen LogP contribution in [0.2, 0.25) is 5.02 Å². The number of carbonyl (C=O) groups is 2. The Labute approximate surface area is 112 Å². The molecule has 0 aliphatic heterocycles. The Balaban J connectivity index is 2.08. The molecule has 7 nitrogen and oxygen atoms in total. The highest BCUT2D eigenvalue weighted by Crippen LogP contribution is 2.39. The van der Waals surface area contributed by atoms with Crippen LogP contribution >= 0.6 is 11.6 Å². The van der Waals surface area contributed by atoms with E-state index < -0.39 is 28.6 Å². The molecule has 2 N–H and O–H groups in total. The Bertz CT molecular complexity index is 574. The molecule has 1 aromatic rings. The molecule has 2 rings (SSSR count). The van der Waals surface area contributed by atoms with Gasteiger partial charge in [0, 0.05) is 11.8 Å². The molecule has 1 aromatic carbocycles. The van der Waals surface area contributed by atoms with Gasteiger partial charge in [-0.05, 0) is 18.6 Å². The Hall–Kier alpha value is -2.15. The quantitative estimate of drug-likeness (QED) is 0.648. The fourth-order valence-electron chi connectivity index (χ4n) is 1.72. The van der Waals surface area contributed by atoms with Crippen LogP contribution in [0.15, 0.2) is 18.2 Å². The number of anilines is 1. The van der Waals surface area contributed by atoms with E-state index in [0.29, 0.717) is 0 Å². The summed E-state index contributed by atoms with van der Waals surface area (Å²) in [5.74, 6) is -2.71. The minimum Gasteiger partial charge on any atom is -0.481 e. The number of halogens is 1. The van der Waals surface area contributed by atoms with Crippen LogP contribution in [-0.2, 0) is 9.59 Å². The Morgan fingerprint density at radius 2 is 2.11 bits per heavy atom. The van der Waals surface area contributed by atoms with Crippen LogP contribution in [0.1, 0.15) is 6.42 Å². The molecule has 1 aliphatic carbocycles. The third kappa shape index (κ3) is 2.82. The zero-order chi connectivity index (χ0) is 14.2. The molecule has 0 saturated heterocycles. The number of benzene rings is 1. The molecule has 0 radical (unpaired) electrons. The van der Waals surface area contributed by atoms with Crippen molar-refractivity contribution >= 4 is 34.9 Å². The van der Waals surface area contributed by atoms with E-state index in [1.165, 1.54) is 12.1 Å². The van der Waals surface area contributed by atoms with Gasteiger partial charge in [0.05, 0.1) is 16.8 Å². The second kappa shape index (κ2) is 4.85. The number of carbonyl (C=O) groups excluding carboxylic acids is 1. The average molecular weight is 285 g/mol. The van der Waals surface area contributed by atoms with Gasteiger partial charge >= 0.3 is 5.97 Å². The number of amides is 1. The zero-order valence-electron chi connectivity index (χ0n) is 9.50. The lowest BCUT2D eigenvalue weighted by Crippen LogP contribution is -2.16. The second-order valence-corrected chi connectivity index (χ2v) is 4.61. The summed E-state index contributed by atoms with van der Waals surface area (Å²) in [6, 6.07) is 3.86. The van der Waals surface area contributed by atoms with Crippen molar-refractivity contribution in [3.63, 3.8) is 0 Å². The predicted octanol–water partition coefficient (Wildman–Crippen LogP) is 1.91. The van der Waals surface area contributed by atoms with E-state index in [2.05, 4.69) is 5.32 Å². The van der Waals surface area contributed by atoms with Gasteiger partial charge in [-0.2, -0.15) is 0 Å². The third-order valence-electron chi connectivity index (χ3n) is 2.85. The molecule has 2 atom stereocenters. The van der Waals surface area contributed by atoms with Crippen molar-refractivity contribution in [3.05, 3.63) is 33.3 Å². The average Bonchev–Trinajstić information content (AvgIpc) is 3.11. The van der Waals surface area contributed by atoms with Crippen molar-refractivity contribution in [1.82, 2.24) is 0 Å². The van der Waals surface area contributed by atoms with Gasteiger partial charge in [-0.1, -0.05) is 11.6 Å². The Morgan fingerprint density at radius 3 is 2.63 bits per heavy atom. The lowest BCUT2D eigenvalue weighted by atomic mass is 10.2. The number of carboxylic acids is 1. The molecule has 0 spiro atoms. The molecule has 0 aromatic heterocycles. The van der Waals surface area contributed by atoms with Gasteiger partial charge in [-0.15, -0.1) is 0 Å². The van der Waals surface area contributed by atoms with Crippen LogP contribution in [0.5, 0.6) is 0 Å². The molecule has 0 heterocycles. The van der Waals surface area contributed by atoms with Crippen molar-refractivity contribution in [3.8, 4) is 0 Å². The highest BCUT2D eigenvalue weighted by Gasteiger charge is 2.48. The fraction of sp³-hybridized carbons (Fsp3) is 0.273. The molecular formula is C11H9ClN2O5. The first-order valence-electron chi connectivity index (χ1n) is 5.37. The largest absolute Gasteiger partial charge is 0.481 e. The summed E-state index contributed by atoms with van der Waals surface area (Å²) in [5.41, 5.74) is -0.0952. The normalized spacial score (nSPS) is 20.7. The number of carboxylic acid groups (broad SMARTS) is 1. The van der Waals surface area contributed by atoms with Gasteiger partial charge in [0.25, 0.3) is 5.69 Å². The molecule has 1 saturated carbocycles. The molecule has 19 heavy (non-hydrogen) atoms. The van der Waals surface area contributed by atoms with E-state index in [0.717, 1.165) is 6.07 Å². The molecule has 100 valence electrons. The summed E-state index contributed by atoms with van der Waals surface area (Å²) in [4.78, 5) is 32.3. The van der Waals surface area contributed by atoms with E-state index in [4.69, 9.17) is 16.7 Å². The van der Waals surface area contributed by atoms with Crippen LogP contribution in [0, 0.1) is 22.0 Å². The van der Waals surface area contributed by atoms with Gasteiger partial charge in [-0.3, -0.25) is 19.7 Å². The van der Waals surface area contributed by atoms with Gasteiger partial charge in [0.1, 0.15) is 5.02 Å². The monoisotopic (exact) mass is 284 g/mol. The number of rotatable bonds is 4. The van der Waals surface area contributed by atoms with E-state index >= 15 is 0 Å². The van der Waals surface area contributed by atoms with Crippen LogP contribution in [0.3, 0.4) is 0 Å². The van der Waals surface area contributed by atoms with Crippen LogP contribution < -0.4 is 5.32 Å². The lowest BCUT2D eigenvalue weighted by Gasteiger charge is -2.04. The van der Waals surface area contributed by atoms with Crippen LogP contribution in [0.4, 0.5) is 11.4 Å². The molecule has 0 bridgehead atoms. The van der Waals surface area contributed by atoms with Crippen molar-refractivity contribution < 1.29 is 19.6 Å². The first-order valence-corrected chi connectivity index (χ1v) is 5.75. The molecule has 1 fully saturated rings. The molecule has 2 unspecified atom stereocenters. The smallest absolute Gasteiger partial charge is 0.307 e. The number of nitro groups is 1. The van der Waals surface area contributed by atoms with Crippen LogP contribution in [-0.4, -0.2) is 21.9 Å². The minimum atomic E-state index is -1.01. The summed E-state index contributed by atoms with van der Waals surface area (Å²) < 4.78 is 0. The van der Waals surface area contributed by atoms with Gasteiger partial charge in [0.15, 0.2) is 0 Å². The van der Waals surface area contributed by atoms with E-state index in [9.17, 15) is 19.7 Å². The Kier molecular flexibility index (Phi) is 3.39. The molecular weight excluding hydrogens is 276 g/mol. The topological polar surface area (TPSA) is 110 Å². The first kappa shape index (κ1) is 13.3. The first-order chi connectivity index (χ1) is 8.90. The highest BCUT2D eigenvalue weighted by molar-refractivity contribution is 6.32. The summed E-state index contributed by atoms with van der Waals surface area (Å²) >= 11 is 5.64. The van der Waals surface area contributed by atoms with Gasteiger partial charge < -0.3 is 10.4 Å². The van der Waals surface area contributed by atoms with Gasteiger partial charge in [0.2, 0.25) is 5.91 Å². The van der Waals surface area contributed by atoms with Gasteiger partial charge in [-0.25, -0.2) is 0 Å². The lowest BCUT2D eigenvalue weighted by molar-refractivity contribution is -0.384. The van der Waals surface area contributed by atoms with Crippen molar-refractivity contribution in [1.29, 1.82) is 0 Å². The number of hydrogen-bond acceptors (Lipinski definition) is 4. The summed E-state index contributed by atoms with van der Waals surface area (Å²) in [6.07, 6.45) is 0.289. The molecule has 1 aliphatic rings. The minimum absolute atomic E-state index is 0.0298. The maximum absolute atomic E-state index is 11.7. The SMILES string of the molecule is O=C(O)C1CC1C(=O)Nc1ccc(Cl)c([N+](=O)[O-])c1. The number of nitrogens with one attached hydrogen (secondary N) is 1. The highest BCUT2D eigenvalue weighted by atomic mass is 35.5. The van der Waals surface area contributed by atoms with Crippen LogP contribution in [0.25, 0.3) is 0 Å². The van der Waals surface area contributed by atoms with E-state index in [-0.39, 0.29) is 22.8 Å². The summed E-state index contributed by atoms with van der Waals surface area (Å²) in [7, 11) is 0. The Morgan fingerprint density at radius 1 is 1.42 bits per heavy atom. The van der Waals surface area contributed by atoms with Crippen molar-refractivity contribution in [2.24, 2.45) is 11.8 Å². The zero-order valence-corrected chi connectivity index (χ0v) is 10.3. The molecule has 1 amide bonds. The number of nitro benzene ring substituents is 1. The van der Waals surface area contributed by atoms with Crippen molar-refractivity contribution in [2.75, 3.05) is 5.32 Å². The predicted molar refractivity (Wildman–Crippen MR) is 66.0 cm³/mol. The van der Waals surface area contributed by atoms with E-state index in [1.807, 2.05) is 0 Å². The molecule has 8 heteroatoms. The standard InChI is InChI=1S/C11H9ClN2O5/c12-8-2-1-5(3-9(8)14(18)19)13-10(15)6-4-7(6)11(16)17/h1-3,6-7H,4H2,(H,13,15)(H,16,17). The number of nitrogens with zero attached hydrogens (tertiary/aromatic N) is 1. The third-order valence-corrected chi connectivity index (χ3v) is 3.17. The van der Waals surface area contributed by atoms with Crippen molar-refractivity contribution in [2.45, 2.75) is 6.42 Å². The summed E-state index contributed by atoms with van der Waals surface area (Å²) in [6.45, 7) is 0. The number of aliphatic carboxylic acids is 1. The van der Waals surface area contributed by atoms with E-state index in [1.54, 1.807) is 0 Å². The maximum Gasteiger partial charge on any atom is 0.307 e. The second-order valence-electron chi connectivity index (χ2n) is 4.20. The fourth-order valence-corrected chi connectivity index (χ4v) is 1.91. The number of hydrogen-bond donors (Lipinski definition) is 2.